The molecular formula is C17H26F2IN3O. The first kappa shape index (κ1) is 21.1. The van der Waals surface area contributed by atoms with E-state index < -0.39 is 11.6 Å². The molecule has 4 nitrogen and oxygen atoms in total. The molecule has 1 aliphatic heterocycles. The van der Waals surface area contributed by atoms with Crippen LogP contribution in [0.5, 0.6) is 0 Å². The maximum Gasteiger partial charge on any atom is 0.193 e. The van der Waals surface area contributed by atoms with Gasteiger partial charge in [0.05, 0.1) is 6.61 Å². The van der Waals surface area contributed by atoms with Crippen molar-refractivity contribution in [1.29, 1.82) is 0 Å². The molecule has 1 fully saturated rings. The van der Waals surface area contributed by atoms with Gasteiger partial charge in [-0.05, 0) is 31.9 Å². The highest BCUT2D eigenvalue weighted by atomic mass is 127. The van der Waals surface area contributed by atoms with Crippen LogP contribution in [0.4, 0.5) is 8.78 Å². The van der Waals surface area contributed by atoms with Crippen molar-refractivity contribution in [3.05, 3.63) is 35.4 Å². The van der Waals surface area contributed by atoms with Crippen molar-refractivity contribution in [3.63, 3.8) is 0 Å². The van der Waals surface area contributed by atoms with E-state index in [-0.39, 0.29) is 36.0 Å². The van der Waals surface area contributed by atoms with Crippen molar-refractivity contribution < 1.29 is 13.5 Å². The average Bonchev–Trinajstić information content (AvgIpc) is 2.98. The fourth-order valence-corrected chi connectivity index (χ4v) is 2.87. The molecule has 1 aliphatic rings. The van der Waals surface area contributed by atoms with E-state index in [1.807, 2.05) is 6.92 Å². The van der Waals surface area contributed by atoms with Gasteiger partial charge < -0.3 is 15.0 Å². The van der Waals surface area contributed by atoms with Crippen LogP contribution in [0.15, 0.2) is 23.2 Å². The quantitative estimate of drug-likeness (QED) is 0.409. The van der Waals surface area contributed by atoms with Crippen LogP contribution in [0.3, 0.4) is 0 Å². The van der Waals surface area contributed by atoms with E-state index in [1.165, 1.54) is 18.2 Å². The molecule has 7 heteroatoms. The number of hydrogen-bond donors (Lipinski definition) is 1. The molecule has 1 aromatic carbocycles. The Kier molecular flexibility index (Phi) is 9.50. The Labute approximate surface area is 159 Å². The van der Waals surface area contributed by atoms with Crippen LogP contribution < -0.4 is 5.32 Å². The number of halogens is 3. The fourth-order valence-electron chi connectivity index (χ4n) is 2.87. The zero-order valence-corrected chi connectivity index (χ0v) is 16.6. The smallest absolute Gasteiger partial charge is 0.193 e. The molecule has 0 aromatic heterocycles. The lowest BCUT2D eigenvalue weighted by Gasteiger charge is -2.21. The molecule has 1 saturated heterocycles. The summed E-state index contributed by atoms with van der Waals surface area (Å²) in [6.07, 6.45) is 1.32. The van der Waals surface area contributed by atoms with Gasteiger partial charge in [-0.1, -0.05) is 6.07 Å². The lowest BCUT2D eigenvalue weighted by atomic mass is 10.1. The summed E-state index contributed by atoms with van der Waals surface area (Å²) in [5.41, 5.74) is 0.103. The summed E-state index contributed by atoms with van der Waals surface area (Å²) in [6, 6.07) is 3.94. The highest BCUT2D eigenvalue weighted by Crippen LogP contribution is 2.17. The Hall–Kier alpha value is -0.960. The van der Waals surface area contributed by atoms with Crippen LogP contribution in [-0.4, -0.2) is 50.8 Å². The topological polar surface area (TPSA) is 36.9 Å². The summed E-state index contributed by atoms with van der Waals surface area (Å²) in [4.78, 5) is 6.71. The molecule has 2 rings (SSSR count). The van der Waals surface area contributed by atoms with Gasteiger partial charge in [-0.15, -0.1) is 24.0 Å². The van der Waals surface area contributed by atoms with Crippen LogP contribution in [0.1, 0.15) is 18.9 Å². The van der Waals surface area contributed by atoms with Crippen LogP contribution in [0.2, 0.25) is 0 Å². The zero-order chi connectivity index (χ0) is 16.7. The van der Waals surface area contributed by atoms with Crippen LogP contribution in [0.25, 0.3) is 0 Å². The molecule has 1 atom stereocenters. The summed E-state index contributed by atoms with van der Waals surface area (Å²) in [5, 5.41) is 3.25. The number of methoxy groups -OCH3 is 1. The Bertz CT molecular complexity index is 522. The van der Waals surface area contributed by atoms with Gasteiger partial charge in [0.2, 0.25) is 0 Å². The maximum absolute atomic E-state index is 13.6. The summed E-state index contributed by atoms with van der Waals surface area (Å²) in [5.74, 6) is 0.300. The standard InChI is InChI=1S/C17H25F2N3O.HI/c1-3-20-17(22-10-8-13(11-22)12-23-2)21-9-7-14-15(18)5-4-6-16(14)19;/h4-6,13H,3,7-12H2,1-2H3,(H,20,21);1H. The van der Waals surface area contributed by atoms with E-state index in [4.69, 9.17) is 4.74 Å². The van der Waals surface area contributed by atoms with Crippen LogP contribution in [0, 0.1) is 17.6 Å². The molecule has 0 saturated carbocycles. The number of rotatable bonds is 6. The molecule has 1 unspecified atom stereocenters. The lowest BCUT2D eigenvalue weighted by molar-refractivity contribution is 0.157. The fraction of sp³-hybridized carbons (Fsp3) is 0.588. The van der Waals surface area contributed by atoms with E-state index in [9.17, 15) is 8.78 Å². The normalized spacial score (nSPS) is 17.8. The van der Waals surface area contributed by atoms with E-state index in [0.717, 1.165) is 38.6 Å². The average molecular weight is 453 g/mol. The van der Waals surface area contributed by atoms with Gasteiger partial charge in [-0.2, -0.15) is 0 Å². The molecule has 0 bridgehead atoms. The number of ether oxygens (including phenoxy) is 1. The van der Waals surface area contributed by atoms with E-state index in [2.05, 4.69) is 15.2 Å². The summed E-state index contributed by atoms with van der Waals surface area (Å²) >= 11 is 0. The van der Waals surface area contributed by atoms with Crippen LogP contribution >= 0.6 is 24.0 Å². The molecule has 136 valence electrons. The van der Waals surface area contributed by atoms with Gasteiger partial charge in [-0.25, -0.2) is 8.78 Å². The third-order valence-corrected chi connectivity index (χ3v) is 4.01. The van der Waals surface area contributed by atoms with Gasteiger partial charge in [0.1, 0.15) is 11.6 Å². The molecule has 24 heavy (non-hydrogen) atoms. The van der Waals surface area contributed by atoms with Crippen molar-refractivity contribution in [2.24, 2.45) is 10.9 Å². The zero-order valence-electron chi connectivity index (χ0n) is 14.2. The number of aliphatic imine (C=N–C) groups is 1. The number of likely N-dealkylation sites (tertiary alicyclic amines) is 1. The van der Waals surface area contributed by atoms with Gasteiger partial charge >= 0.3 is 0 Å². The first-order valence-corrected chi connectivity index (χ1v) is 8.10. The molecule has 1 N–H and O–H groups in total. The van der Waals surface area contributed by atoms with Crippen molar-refractivity contribution in [2.75, 3.05) is 39.9 Å². The predicted molar refractivity (Wildman–Crippen MR) is 103 cm³/mol. The second-order valence-corrected chi connectivity index (χ2v) is 5.74. The van der Waals surface area contributed by atoms with Crippen molar-refractivity contribution in [3.8, 4) is 0 Å². The third-order valence-electron chi connectivity index (χ3n) is 4.01. The largest absolute Gasteiger partial charge is 0.384 e. The van der Waals surface area contributed by atoms with Gasteiger partial charge in [-0.3, -0.25) is 4.99 Å². The number of nitrogens with zero attached hydrogens (tertiary/aromatic N) is 2. The highest BCUT2D eigenvalue weighted by molar-refractivity contribution is 14.0. The minimum atomic E-state index is -0.508. The summed E-state index contributed by atoms with van der Waals surface area (Å²) in [7, 11) is 1.71. The van der Waals surface area contributed by atoms with E-state index >= 15 is 0 Å². The summed E-state index contributed by atoms with van der Waals surface area (Å²) in [6.45, 7) is 5.69. The number of benzene rings is 1. The monoisotopic (exact) mass is 453 g/mol. The first-order chi connectivity index (χ1) is 11.2. The molecule has 0 amide bonds. The molecule has 0 radical (unpaired) electrons. The van der Waals surface area contributed by atoms with E-state index in [1.54, 1.807) is 7.11 Å². The minimum Gasteiger partial charge on any atom is -0.384 e. The Morgan fingerprint density at radius 2 is 2.08 bits per heavy atom. The lowest BCUT2D eigenvalue weighted by Crippen LogP contribution is -2.40. The third kappa shape index (κ3) is 5.84. The molecule has 1 heterocycles. The Morgan fingerprint density at radius 1 is 1.38 bits per heavy atom. The molecule has 0 spiro atoms. The first-order valence-electron chi connectivity index (χ1n) is 8.10. The molecular weight excluding hydrogens is 427 g/mol. The Morgan fingerprint density at radius 3 is 2.71 bits per heavy atom. The second-order valence-electron chi connectivity index (χ2n) is 5.74. The van der Waals surface area contributed by atoms with Gasteiger partial charge in [0, 0.05) is 44.8 Å². The number of nitrogens with one attached hydrogen (secondary N) is 1. The van der Waals surface area contributed by atoms with Gasteiger partial charge in [0.15, 0.2) is 5.96 Å². The highest BCUT2D eigenvalue weighted by Gasteiger charge is 2.24. The van der Waals surface area contributed by atoms with Crippen LogP contribution in [-0.2, 0) is 11.2 Å². The number of hydrogen-bond acceptors (Lipinski definition) is 2. The van der Waals surface area contributed by atoms with Gasteiger partial charge in [0.25, 0.3) is 0 Å². The maximum atomic E-state index is 13.6. The second kappa shape index (κ2) is 10.8. The minimum absolute atomic E-state index is 0. The predicted octanol–water partition coefficient (Wildman–Crippen LogP) is 3.06. The SMILES string of the molecule is CCNC(=NCCc1c(F)cccc1F)N1CCC(COC)C1.I. The molecule has 0 aliphatic carbocycles. The van der Waals surface area contributed by atoms with Crippen molar-refractivity contribution >= 4 is 29.9 Å². The summed E-state index contributed by atoms with van der Waals surface area (Å²) < 4.78 is 32.5. The van der Waals surface area contributed by atoms with E-state index in [0.29, 0.717) is 12.5 Å². The van der Waals surface area contributed by atoms with Crippen molar-refractivity contribution in [1.82, 2.24) is 10.2 Å². The number of guanidine groups is 1. The Balaban J connectivity index is 0.00000288. The molecule has 1 aromatic rings. The van der Waals surface area contributed by atoms with Crippen molar-refractivity contribution in [2.45, 2.75) is 19.8 Å².